The van der Waals surface area contributed by atoms with Crippen molar-refractivity contribution in [2.75, 3.05) is 0 Å². The third kappa shape index (κ3) is 3.92. The number of aromatic nitrogens is 2. The number of carbonyl (C=O) groups is 1. The van der Waals surface area contributed by atoms with E-state index in [1.54, 1.807) is 24.5 Å². The Morgan fingerprint density at radius 1 is 1.00 bits per heavy atom. The number of carbonyl (C=O) groups excluding carboxylic acids is 1. The molecule has 2 saturated carbocycles. The summed E-state index contributed by atoms with van der Waals surface area (Å²) in [6.45, 7) is 0.494. The van der Waals surface area contributed by atoms with Crippen molar-refractivity contribution in [3.05, 3.63) is 59.4 Å². The van der Waals surface area contributed by atoms with Crippen molar-refractivity contribution >= 4 is 5.91 Å². The van der Waals surface area contributed by atoms with Crippen LogP contribution in [0.5, 0.6) is 0 Å². The van der Waals surface area contributed by atoms with Gasteiger partial charge in [0.25, 0.3) is 5.91 Å². The van der Waals surface area contributed by atoms with Gasteiger partial charge in [0.2, 0.25) is 0 Å². The third-order valence-corrected chi connectivity index (χ3v) is 5.40. The van der Waals surface area contributed by atoms with Crippen LogP contribution in [-0.2, 0) is 6.54 Å². The molecule has 5 heteroatoms. The molecule has 1 aromatic heterocycles. The number of amides is 1. The van der Waals surface area contributed by atoms with Crippen molar-refractivity contribution in [1.29, 1.82) is 0 Å². The highest BCUT2D eigenvalue weighted by Crippen LogP contribution is 2.37. The highest BCUT2D eigenvalue weighted by atomic mass is 19.1. The number of hydrogen-bond acceptors (Lipinski definition) is 3. The molecule has 0 N–H and O–H groups in total. The van der Waals surface area contributed by atoms with Crippen LogP contribution in [0.4, 0.5) is 4.39 Å². The van der Waals surface area contributed by atoms with Gasteiger partial charge in [-0.1, -0.05) is 31.4 Å². The van der Waals surface area contributed by atoms with Crippen molar-refractivity contribution in [3.63, 3.8) is 0 Å². The van der Waals surface area contributed by atoms with E-state index < -0.39 is 0 Å². The molecule has 1 heterocycles. The maximum absolute atomic E-state index is 13.2. The maximum atomic E-state index is 13.2. The zero-order chi connectivity index (χ0) is 17.9. The van der Waals surface area contributed by atoms with E-state index in [0.717, 1.165) is 49.9 Å². The third-order valence-electron chi connectivity index (χ3n) is 5.40. The smallest absolute Gasteiger partial charge is 0.257 e. The lowest BCUT2D eigenvalue weighted by molar-refractivity contribution is 0.0613. The fourth-order valence-corrected chi connectivity index (χ4v) is 3.71. The van der Waals surface area contributed by atoms with Gasteiger partial charge < -0.3 is 4.90 Å². The molecule has 0 spiro atoms. The molecule has 0 bridgehead atoms. The monoisotopic (exact) mass is 353 g/mol. The molecule has 2 aliphatic rings. The molecule has 136 valence electrons. The minimum absolute atomic E-state index is 0.0245. The zero-order valence-electron chi connectivity index (χ0n) is 14.9. The fourth-order valence-electron chi connectivity index (χ4n) is 3.71. The van der Waals surface area contributed by atoms with Gasteiger partial charge in [0.1, 0.15) is 11.6 Å². The summed E-state index contributed by atoms with van der Waals surface area (Å²) in [5.41, 5.74) is 1.49. The summed E-state index contributed by atoms with van der Waals surface area (Å²) >= 11 is 0. The summed E-state index contributed by atoms with van der Waals surface area (Å²) < 4.78 is 13.2. The van der Waals surface area contributed by atoms with Gasteiger partial charge in [-0.05, 0) is 43.4 Å². The van der Waals surface area contributed by atoms with Crippen LogP contribution >= 0.6 is 0 Å². The van der Waals surface area contributed by atoms with Crippen molar-refractivity contribution in [2.45, 2.75) is 63.5 Å². The average Bonchev–Trinajstić information content (AvgIpc) is 3.53. The second kappa shape index (κ2) is 7.52. The van der Waals surface area contributed by atoms with Crippen LogP contribution in [0.15, 0.2) is 36.7 Å². The lowest BCUT2D eigenvalue weighted by Crippen LogP contribution is -2.41. The Morgan fingerprint density at radius 3 is 2.27 bits per heavy atom. The molecule has 2 aromatic rings. The Kier molecular flexibility index (Phi) is 4.96. The Hall–Kier alpha value is -2.30. The van der Waals surface area contributed by atoms with E-state index in [-0.39, 0.29) is 17.8 Å². The van der Waals surface area contributed by atoms with E-state index in [9.17, 15) is 9.18 Å². The van der Waals surface area contributed by atoms with Crippen LogP contribution < -0.4 is 0 Å². The van der Waals surface area contributed by atoms with Gasteiger partial charge in [0.05, 0.1) is 5.56 Å². The first kappa shape index (κ1) is 17.1. The average molecular weight is 353 g/mol. The first-order chi connectivity index (χ1) is 12.7. The largest absolute Gasteiger partial charge is 0.331 e. The maximum Gasteiger partial charge on any atom is 0.257 e. The van der Waals surface area contributed by atoms with E-state index in [0.29, 0.717) is 18.0 Å². The Morgan fingerprint density at radius 2 is 1.65 bits per heavy atom. The summed E-state index contributed by atoms with van der Waals surface area (Å²) in [7, 11) is 0. The SMILES string of the molecule is O=C(c1cnc(C2CC2)nc1)N(Cc1ccc(F)cc1)C1CCCCC1. The molecular weight excluding hydrogens is 329 g/mol. The van der Waals surface area contributed by atoms with Crippen molar-refractivity contribution in [2.24, 2.45) is 0 Å². The predicted molar refractivity (Wildman–Crippen MR) is 97.2 cm³/mol. The Balaban J connectivity index is 1.55. The van der Waals surface area contributed by atoms with E-state index in [2.05, 4.69) is 9.97 Å². The van der Waals surface area contributed by atoms with Crippen LogP contribution in [0, 0.1) is 5.82 Å². The van der Waals surface area contributed by atoms with E-state index in [1.807, 2.05) is 4.90 Å². The van der Waals surface area contributed by atoms with E-state index in [1.165, 1.54) is 18.6 Å². The second-order valence-corrected chi connectivity index (χ2v) is 7.46. The normalized spacial score (nSPS) is 17.9. The summed E-state index contributed by atoms with van der Waals surface area (Å²) in [4.78, 5) is 23.9. The molecule has 2 fully saturated rings. The van der Waals surface area contributed by atoms with Crippen molar-refractivity contribution in [3.8, 4) is 0 Å². The van der Waals surface area contributed by atoms with Crippen molar-refractivity contribution in [1.82, 2.24) is 14.9 Å². The molecule has 0 saturated heterocycles. The Bertz CT molecular complexity index is 750. The molecule has 1 aromatic carbocycles. The summed E-state index contributed by atoms with van der Waals surface area (Å²) in [6.07, 6.45) is 11.2. The predicted octanol–water partition coefficient (Wildman–Crippen LogP) is 4.47. The zero-order valence-corrected chi connectivity index (χ0v) is 14.9. The van der Waals surface area contributed by atoms with Gasteiger partial charge in [0, 0.05) is 30.9 Å². The van der Waals surface area contributed by atoms with Gasteiger partial charge in [-0.3, -0.25) is 4.79 Å². The van der Waals surface area contributed by atoms with Crippen LogP contribution in [0.3, 0.4) is 0 Å². The molecule has 4 nitrogen and oxygen atoms in total. The van der Waals surface area contributed by atoms with Gasteiger partial charge in [0.15, 0.2) is 0 Å². The van der Waals surface area contributed by atoms with Gasteiger partial charge in [-0.2, -0.15) is 0 Å². The minimum Gasteiger partial charge on any atom is -0.331 e. The number of halogens is 1. The Labute approximate surface area is 153 Å². The molecule has 0 atom stereocenters. The molecule has 0 radical (unpaired) electrons. The topological polar surface area (TPSA) is 46.1 Å². The van der Waals surface area contributed by atoms with Gasteiger partial charge >= 0.3 is 0 Å². The summed E-state index contributed by atoms with van der Waals surface area (Å²) in [5, 5.41) is 0. The molecule has 4 rings (SSSR count). The van der Waals surface area contributed by atoms with E-state index >= 15 is 0 Å². The lowest BCUT2D eigenvalue weighted by Gasteiger charge is -2.34. The molecule has 1 amide bonds. The molecular formula is C21H24FN3O. The van der Waals surface area contributed by atoms with Crippen LogP contribution in [0.25, 0.3) is 0 Å². The fraction of sp³-hybridized carbons (Fsp3) is 0.476. The molecule has 0 unspecified atom stereocenters. The highest BCUT2D eigenvalue weighted by Gasteiger charge is 2.29. The first-order valence-electron chi connectivity index (χ1n) is 9.58. The van der Waals surface area contributed by atoms with E-state index in [4.69, 9.17) is 0 Å². The standard InChI is InChI=1S/C21H24FN3O/c22-18-10-6-15(7-11-18)14-25(19-4-2-1-3-5-19)21(26)17-12-23-20(24-13-17)16-8-9-16/h6-7,10-13,16,19H,1-5,8-9,14H2. The first-order valence-corrected chi connectivity index (χ1v) is 9.58. The second-order valence-electron chi connectivity index (χ2n) is 7.46. The van der Waals surface area contributed by atoms with Gasteiger partial charge in [-0.25, -0.2) is 14.4 Å². The summed E-state index contributed by atoms with van der Waals surface area (Å²) in [6, 6.07) is 6.64. The van der Waals surface area contributed by atoms with Crippen LogP contribution in [-0.4, -0.2) is 26.8 Å². The number of nitrogens with zero attached hydrogens (tertiary/aromatic N) is 3. The number of benzene rings is 1. The number of hydrogen-bond donors (Lipinski definition) is 0. The molecule has 0 aliphatic heterocycles. The molecule has 26 heavy (non-hydrogen) atoms. The van der Waals surface area contributed by atoms with Crippen LogP contribution in [0.1, 0.15) is 72.6 Å². The highest BCUT2D eigenvalue weighted by molar-refractivity contribution is 5.93. The lowest BCUT2D eigenvalue weighted by atomic mass is 9.93. The van der Waals surface area contributed by atoms with Gasteiger partial charge in [-0.15, -0.1) is 0 Å². The minimum atomic E-state index is -0.256. The van der Waals surface area contributed by atoms with Crippen molar-refractivity contribution < 1.29 is 9.18 Å². The quantitative estimate of drug-likeness (QED) is 0.797. The molecule has 2 aliphatic carbocycles. The number of rotatable bonds is 5. The summed E-state index contributed by atoms with van der Waals surface area (Å²) in [5.74, 6) is 1.05. The van der Waals surface area contributed by atoms with Crippen LogP contribution in [0.2, 0.25) is 0 Å².